The second-order valence-electron chi connectivity index (χ2n) is 4.35. The molecule has 0 aliphatic carbocycles. The van der Waals surface area contributed by atoms with Crippen LogP contribution in [0.1, 0.15) is 30.1 Å². The van der Waals surface area contributed by atoms with Gasteiger partial charge in [0, 0.05) is 23.4 Å². The van der Waals surface area contributed by atoms with Gasteiger partial charge in [0.1, 0.15) is 0 Å². The van der Waals surface area contributed by atoms with Crippen LogP contribution >= 0.6 is 11.8 Å². The summed E-state index contributed by atoms with van der Waals surface area (Å²) in [5, 5.41) is 0. The minimum Gasteiger partial charge on any atom is -0.309 e. The lowest BCUT2D eigenvalue weighted by Crippen LogP contribution is -2.16. The first-order valence-electron chi connectivity index (χ1n) is 6.04. The molecule has 2 nitrogen and oxygen atoms in total. The number of thioether (sulfide) groups is 1. The molecule has 0 heterocycles. The standard InChI is InChI=1S/C14H21NOS/c1-4-11-17-13-7-5-12(6-8-13)14(16)9-10-15(2)3/h5-8H,4,9-11H2,1-3H3. The van der Waals surface area contributed by atoms with Crippen LogP contribution in [0, 0.1) is 0 Å². The molecule has 1 aromatic rings. The molecule has 17 heavy (non-hydrogen) atoms. The Hall–Kier alpha value is -0.800. The van der Waals surface area contributed by atoms with Crippen molar-refractivity contribution in [2.24, 2.45) is 0 Å². The van der Waals surface area contributed by atoms with Gasteiger partial charge >= 0.3 is 0 Å². The monoisotopic (exact) mass is 251 g/mol. The summed E-state index contributed by atoms with van der Waals surface area (Å²) in [6.07, 6.45) is 1.77. The maximum absolute atomic E-state index is 11.8. The Labute approximate surface area is 108 Å². The third kappa shape index (κ3) is 5.37. The van der Waals surface area contributed by atoms with Crippen molar-refractivity contribution in [3.8, 4) is 0 Å². The van der Waals surface area contributed by atoms with Crippen LogP contribution in [-0.4, -0.2) is 37.1 Å². The zero-order chi connectivity index (χ0) is 12.7. The molecule has 0 fully saturated rings. The number of ketones is 1. The summed E-state index contributed by atoms with van der Waals surface area (Å²) < 4.78 is 0. The molecule has 0 aromatic heterocycles. The van der Waals surface area contributed by atoms with Crippen molar-refractivity contribution < 1.29 is 4.79 Å². The van der Waals surface area contributed by atoms with Gasteiger partial charge in [-0.15, -0.1) is 11.8 Å². The Kier molecular flexibility index (Phi) is 6.30. The minimum atomic E-state index is 0.228. The molecular weight excluding hydrogens is 230 g/mol. The van der Waals surface area contributed by atoms with Crippen molar-refractivity contribution in [3.05, 3.63) is 29.8 Å². The van der Waals surface area contributed by atoms with Crippen LogP contribution in [0.15, 0.2) is 29.2 Å². The Morgan fingerprint density at radius 1 is 1.24 bits per heavy atom. The van der Waals surface area contributed by atoms with E-state index in [0.29, 0.717) is 6.42 Å². The number of carbonyl (C=O) groups is 1. The Morgan fingerprint density at radius 2 is 1.88 bits per heavy atom. The van der Waals surface area contributed by atoms with Crippen molar-refractivity contribution in [2.75, 3.05) is 26.4 Å². The predicted octanol–water partition coefficient (Wildman–Crippen LogP) is 3.32. The predicted molar refractivity (Wildman–Crippen MR) is 75.0 cm³/mol. The van der Waals surface area contributed by atoms with Crippen molar-refractivity contribution in [1.29, 1.82) is 0 Å². The van der Waals surface area contributed by atoms with Gasteiger partial charge in [-0.05, 0) is 38.4 Å². The van der Waals surface area contributed by atoms with E-state index in [1.807, 2.05) is 55.0 Å². The molecule has 94 valence electrons. The molecule has 0 aliphatic rings. The van der Waals surface area contributed by atoms with Crippen LogP contribution < -0.4 is 0 Å². The highest BCUT2D eigenvalue weighted by Crippen LogP contribution is 2.19. The largest absolute Gasteiger partial charge is 0.309 e. The number of hydrogen-bond acceptors (Lipinski definition) is 3. The summed E-state index contributed by atoms with van der Waals surface area (Å²) in [7, 11) is 3.97. The van der Waals surface area contributed by atoms with Crippen LogP contribution in [-0.2, 0) is 0 Å². The molecular formula is C14H21NOS. The Morgan fingerprint density at radius 3 is 2.41 bits per heavy atom. The zero-order valence-corrected chi connectivity index (χ0v) is 11.7. The summed E-state index contributed by atoms with van der Waals surface area (Å²) in [6, 6.07) is 7.97. The number of Topliss-reactive ketones (excluding diaryl/α,β-unsaturated/α-hetero) is 1. The maximum atomic E-state index is 11.8. The highest BCUT2D eigenvalue weighted by atomic mass is 32.2. The molecule has 0 unspecified atom stereocenters. The van der Waals surface area contributed by atoms with E-state index in [-0.39, 0.29) is 5.78 Å². The van der Waals surface area contributed by atoms with Gasteiger partial charge in [-0.2, -0.15) is 0 Å². The molecule has 0 atom stereocenters. The van der Waals surface area contributed by atoms with E-state index in [0.717, 1.165) is 17.9 Å². The lowest BCUT2D eigenvalue weighted by molar-refractivity contribution is 0.0972. The normalized spacial score (nSPS) is 10.8. The lowest BCUT2D eigenvalue weighted by atomic mass is 10.1. The highest BCUT2D eigenvalue weighted by Gasteiger charge is 2.06. The van der Waals surface area contributed by atoms with Gasteiger partial charge in [0.25, 0.3) is 0 Å². The third-order valence-electron chi connectivity index (χ3n) is 2.44. The van der Waals surface area contributed by atoms with Crippen LogP contribution in [0.25, 0.3) is 0 Å². The highest BCUT2D eigenvalue weighted by molar-refractivity contribution is 7.99. The van der Waals surface area contributed by atoms with Gasteiger partial charge in [0.2, 0.25) is 0 Å². The second kappa shape index (κ2) is 7.51. The smallest absolute Gasteiger partial charge is 0.164 e. The molecule has 1 rings (SSSR count). The van der Waals surface area contributed by atoms with Crippen LogP contribution in [0.5, 0.6) is 0 Å². The number of rotatable bonds is 7. The molecule has 3 heteroatoms. The second-order valence-corrected chi connectivity index (χ2v) is 5.52. The van der Waals surface area contributed by atoms with Crippen molar-refractivity contribution in [3.63, 3.8) is 0 Å². The summed E-state index contributed by atoms with van der Waals surface area (Å²) in [6.45, 7) is 2.98. The fourth-order valence-electron chi connectivity index (χ4n) is 1.43. The lowest BCUT2D eigenvalue weighted by Gasteiger charge is -2.08. The summed E-state index contributed by atoms with van der Waals surface area (Å²) >= 11 is 1.84. The molecule has 0 aliphatic heterocycles. The van der Waals surface area contributed by atoms with Gasteiger partial charge in [-0.3, -0.25) is 4.79 Å². The molecule has 0 bridgehead atoms. The fraction of sp³-hybridized carbons (Fsp3) is 0.500. The van der Waals surface area contributed by atoms with E-state index in [1.165, 1.54) is 11.3 Å². The topological polar surface area (TPSA) is 20.3 Å². The van der Waals surface area contributed by atoms with Crippen molar-refractivity contribution in [2.45, 2.75) is 24.7 Å². The fourth-order valence-corrected chi connectivity index (χ4v) is 2.19. The van der Waals surface area contributed by atoms with Gasteiger partial charge in [-0.25, -0.2) is 0 Å². The van der Waals surface area contributed by atoms with Crippen molar-refractivity contribution >= 4 is 17.5 Å². The van der Waals surface area contributed by atoms with E-state index in [2.05, 4.69) is 6.92 Å². The van der Waals surface area contributed by atoms with E-state index < -0.39 is 0 Å². The SMILES string of the molecule is CCCSc1ccc(C(=O)CCN(C)C)cc1. The molecule has 0 N–H and O–H groups in total. The average Bonchev–Trinajstić information content (AvgIpc) is 2.34. The third-order valence-corrected chi connectivity index (χ3v) is 3.65. The quantitative estimate of drug-likeness (QED) is 0.547. The molecule has 0 saturated carbocycles. The summed E-state index contributed by atoms with van der Waals surface area (Å²) in [5.74, 6) is 1.36. The maximum Gasteiger partial charge on any atom is 0.164 e. The van der Waals surface area contributed by atoms with Crippen LogP contribution in [0.2, 0.25) is 0 Å². The number of hydrogen-bond donors (Lipinski definition) is 0. The van der Waals surface area contributed by atoms with Crippen molar-refractivity contribution in [1.82, 2.24) is 4.90 Å². The van der Waals surface area contributed by atoms with Gasteiger partial charge < -0.3 is 4.90 Å². The molecule has 0 spiro atoms. The Bertz CT molecular complexity index is 346. The van der Waals surface area contributed by atoms with E-state index in [1.54, 1.807) is 0 Å². The van der Waals surface area contributed by atoms with E-state index in [9.17, 15) is 4.79 Å². The molecule has 0 radical (unpaired) electrons. The molecule has 1 aromatic carbocycles. The first-order valence-corrected chi connectivity index (χ1v) is 7.03. The Balaban J connectivity index is 2.51. The van der Waals surface area contributed by atoms with Crippen LogP contribution in [0.4, 0.5) is 0 Å². The van der Waals surface area contributed by atoms with E-state index >= 15 is 0 Å². The van der Waals surface area contributed by atoms with Gasteiger partial charge in [-0.1, -0.05) is 19.1 Å². The summed E-state index contributed by atoms with van der Waals surface area (Å²) in [4.78, 5) is 15.1. The first-order chi connectivity index (χ1) is 8.13. The van der Waals surface area contributed by atoms with E-state index in [4.69, 9.17) is 0 Å². The van der Waals surface area contributed by atoms with Gasteiger partial charge in [0.05, 0.1) is 0 Å². The number of carbonyl (C=O) groups excluding carboxylic acids is 1. The number of benzene rings is 1. The average molecular weight is 251 g/mol. The van der Waals surface area contributed by atoms with Gasteiger partial charge in [0.15, 0.2) is 5.78 Å². The number of nitrogens with zero attached hydrogens (tertiary/aromatic N) is 1. The zero-order valence-electron chi connectivity index (χ0n) is 10.9. The van der Waals surface area contributed by atoms with Crippen LogP contribution in [0.3, 0.4) is 0 Å². The first kappa shape index (κ1) is 14.3. The molecule has 0 saturated heterocycles. The minimum absolute atomic E-state index is 0.228. The summed E-state index contributed by atoms with van der Waals surface area (Å²) in [5.41, 5.74) is 0.827. The molecule has 0 amide bonds.